The zero-order chi connectivity index (χ0) is 11.8. The van der Waals surface area contributed by atoms with Crippen LogP contribution in [0.15, 0.2) is 35.0 Å². The molecule has 1 aromatic carbocycles. The quantitative estimate of drug-likeness (QED) is 0.707. The van der Waals surface area contributed by atoms with Gasteiger partial charge in [-0.3, -0.25) is 0 Å². The van der Waals surface area contributed by atoms with Crippen molar-refractivity contribution in [1.82, 2.24) is 10.1 Å². The maximum Gasteiger partial charge on any atom is 0.222 e. The SMILES string of the molecule is COc1c(-c2cc(N)on2)ccc2[nH]ccc12. The molecule has 86 valence electrons. The van der Waals surface area contributed by atoms with Crippen LogP contribution in [0.5, 0.6) is 5.75 Å². The average molecular weight is 229 g/mol. The Morgan fingerprint density at radius 1 is 1.35 bits per heavy atom. The van der Waals surface area contributed by atoms with Gasteiger partial charge in [0.2, 0.25) is 5.88 Å². The molecular weight excluding hydrogens is 218 g/mol. The maximum atomic E-state index is 5.52. The number of hydrogen-bond donors (Lipinski definition) is 2. The van der Waals surface area contributed by atoms with Gasteiger partial charge in [0.05, 0.1) is 7.11 Å². The molecule has 0 radical (unpaired) electrons. The van der Waals surface area contributed by atoms with E-state index in [0.717, 1.165) is 22.2 Å². The minimum atomic E-state index is 0.288. The maximum absolute atomic E-state index is 5.52. The molecule has 3 rings (SSSR count). The van der Waals surface area contributed by atoms with Crippen LogP contribution < -0.4 is 10.5 Å². The molecule has 5 heteroatoms. The van der Waals surface area contributed by atoms with E-state index in [1.165, 1.54) is 0 Å². The number of rotatable bonds is 2. The summed E-state index contributed by atoms with van der Waals surface area (Å²) < 4.78 is 10.3. The van der Waals surface area contributed by atoms with Crippen LogP contribution in [0, 0.1) is 0 Å². The summed E-state index contributed by atoms with van der Waals surface area (Å²) in [4.78, 5) is 3.13. The van der Waals surface area contributed by atoms with E-state index in [9.17, 15) is 0 Å². The number of nitrogen functional groups attached to an aromatic ring is 1. The Labute approximate surface area is 97.2 Å². The van der Waals surface area contributed by atoms with Gasteiger partial charge >= 0.3 is 0 Å². The largest absolute Gasteiger partial charge is 0.495 e. The lowest BCUT2D eigenvalue weighted by Crippen LogP contribution is -1.88. The number of H-pyrrole nitrogens is 1. The lowest BCUT2D eigenvalue weighted by atomic mass is 10.1. The number of methoxy groups -OCH3 is 1. The molecule has 0 saturated heterocycles. The first kappa shape index (κ1) is 9.77. The number of nitrogens with zero attached hydrogens (tertiary/aromatic N) is 1. The highest BCUT2D eigenvalue weighted by atomic mass is 16.5. The molecule has 17 heavy (non-hydrogen) atoms. The molecule has 5 nitrogen and oxygen atoms in total. The zero-order valence-corrected chi connectivity index (χ0v) is 9.23. The molecule has 0 fully saturated rings. The predicted octanol–water partition coefficient (Wildman–Crippen LogP) is 2.41. The first-order valence-electron chi connectivity index (χ1n) is 5.16. The Bertz CT molecular complexity index is 669. The van der Waals surface area contributed by atoms with Crippen molar-refractivity contribution in [2.24, 2.45) is 0 Å². The van der Waals surface area contributed by atoms with Gasteiger partial charge in [0.25, 0.3) is 0 Å². The lowest BCUT2D eigenvalue weighted by Gasteiger charge is -2.06. The Kier molecular flexibility index (Phi) is 2.04. The smallest absolute Gasteiger partial charge is 0.222 e. The van der Waals surface area contributed by atoms with E-state index < -0.39 is 0 Å². The number of aromatic nitrogens is 2. The number of hydrogen-bond acceptors (Lipinski definition) is 4. The Hall–Kier alpha value is -2.43. The van der Waals surface area contributed by atoms with Crippen molar-refractivity contribution in [2.45, 2.75) is 0 Å². The molecule has 0 spiro atoms. The van der Waals surface area contributed by atoms with Gasteiger partial charge in [0.1, 0.15) is 11.4 Å². The molecule has 0 aliphatic carbocycles. The fourth-order valence-corrected chi connectivity index (χ4v) is 1.94. The van der Waals surface area contributed by atoms with E-state index in [4.69, 9.17) is 15.0 Å². The molecule has 0 unspecified atom stereocenters. The van der Waals surface area contributed by atoms with Gasteiger partial charge in [0.15, 0.2) is 0 Å². The number of benzene rings is 1. The topological polar surface area (TPSA) is 77.1 Å². The molecule has 0 saturated carbocycles. The first-order valence-corrected chi connectivity index (χ1v) is 5.16. The number of ether oxygens (including phenoxy) is 1. The van der Waals surface area contributed by atoms with Gasteiger partial charge in [0, 0.05) is 28.7 Å². The van der Waals surface area contributed by atoms with Gasteiger partial charge in [-0.05, 0) is 18.2 Å². The molecular formula is C12H11N3O2. The van der Waals surface area contributed by atoms with Crippen molar-refractivity contribution in [3.63, 3.8) is 0 Å². The summed E-state index contributed by atoms with van der Waals surface area (Å²) in [6.45, 7) is 0. The zero-order valence-electron chi connectivity index (χ0n) is 9.23. The highest BCUT2D eigenvalue weighted by molar-refractivity contribution is 5.93. The second kappa shape index (κ2) is 3.55. The third-order valence-corrected chi connectivity index (χ3v) is 2.69. The molecule has 2 heterocycles. The van der Waals surface area contributed by atoms with Gasteiger partial charge in [-0.1, -0.05) is 5.16 Å². The molecule has 0 amide bonds. The average Bonchev–Trinajstić information content (AvgIpc) is 2.95. The summed E-state index contributed by atoms with van der Waals surface area (Å²) in [5, 5.41) is 4.90. The monoisotopic (exact) mass is 229 g/mol. The lowest BCUT2D eigenvalue weighted by molar-refractivity contribution is 0.418. The van der Waals surface area contributed by atoms with E-state index in [2.05, 4.69) is 10.1 Å². The van der Waals surface area contributed by atoms with Crippen LogP contribution in [-0.2, 0) is 0 Å². The van der Waals surface area contributed by atoms with E-state index >= 15 is 0 Å². The summed E-state index contributed by atoms with van der Waals surface area (Å²) in [5.41, 5.74) is 8.07. The highest BCUT2D eigenvalue weighted by Gasteiger charge is 2.13. The number of nitrogens with one attached hydrogen (secondary N) is 1. The second-order valence-electron chi connectivity index (χ2n) is 3.70. The number of fused-ring (bicyclic) bond motifs is 1. The van der Waals surface area contributed by atoms with Crippen LogP contribution in [0.4, 0.5) is 5.88 Å². The normalized spacial score (nSPS) is 10.9. The van der Waals surface area contributed by atoms with E-state index in [1.807, 2.05) is 24.4 Å². The number of aromatic amines is 1. The van der Waals surface area contributed by atoms with Crippen molar-refractivity contribution >= 4 is 16.8 Å². The molecule has 2 aromatic heterocycles. The minimum Gasteiger partial charge on any atom is -0.495 e. The summed E-state index contributed by atoms with van der Waals surface area (Å²) >= 11 is 0. The van der Waals surface area contributed by atoms with Crippen molar-refractivity contribution in [3.8, 4) is 17.0 Å². The summed E-state index contributed by atoms with van der Waals surface area (Å²) in [7, 11) is 1.63. The molecule has 0 aliphatic rings. The van der Waals surface area contributed by atoms with Crippen molar-refractivity contribution in [2.75, 3.05) is 12.8 Å². The first-order chi connectivity index (χ1) is 8.29. The number of anilines is 1. The van der Waals surface area contributed by atoms with E-state index in [-0.39, 0.29) is 5.88 Å². The van der Waals surface area contributed by atoms with Crippen LogP contribution in [0.3, 0.4) is 0 Å². The molecule has 0 aliphatic heterocycles. The van der Waals surface area contributed by atoms with Crippen molar-refractivity contribution in [3.05, 3.63) is 30.5 Å². The van der Waals surface area contributed by atoms with Gasteiger partial charge in [-0.15, -0.1) is 0 Å². The molecule has 0 atom stereocenters. The Morgan fingerprint density at radius 3 is 2.94 bits per heavy atom. The fourth-order valence-electron chi connectivity index (χ4n) is 1.94. The van der Waals surface area contributed by atoms with Crippen LogP contribution >= 0.6 is 0 Å². The standard InChI is InChI=1S/C12H11N3O2/c1-16-12-7(10-6-11(13)17-15-10)2-3-9-8(12)4-5-14-9/h2-6,14H,13H2,1H3. The molecule has 3 N–H and O–H groups in total. The minimum absolute atomic E-state index is 0.288. The van der Waals surface area contributed by atoms with Crippen molar-refractivity contribution < 1.29 is 9.26 Å². The van der Waals surface area contributed by atoms with Crippen LogP contribution in [-0.4, -0.2) is 17.3 Å². The third kappa shape index (κ3) is 1.44. The highest BCUT2D eigenvalue weighted by Crippen LogP contribution is 2.36. The fraction of sp³-hybridized carbons (Fsp3) is 0.0833. The second-order valence-corrected chi connectivity index (χ2v) is 3.70. The Balaban J connectivity index is 2.28. The van der Waals surface area contributed by atoms with Crippen LogP contribution in [0.2, 0.25) is 0 Å². The molecule has 0 bridgehead atoms. The van der Waals surface area contributed by atoms with Gasteiger partial charge < -0.3 is 20.0 Å². The Morgan fingerprint density at radius 2 is 2.24 bits per heavy atom. The third-order valence-electron chi connectivity index (χ3n) is 2.69. The summed E-state index contributed by atoms with van der Waals surface area (Å²) in [5.74, 6) is 1.05. The van der Waals surface area contributed by atoms with Gasteiger partial charge in [-0.2, -0.15) is 0 Å². The van der Waals surface area contributed by atoms with Crippen molar-refractivity contribution in [1.29, 1.82) is 0 Å². The number of nitrogens with two attached hydrogens (primary N) is 1. The van der Waals surface area contributed by atoms with Crippen LogP contribution in [0.1, 0.15) is 0 Å². The van der Waals surface area contributed by atoms with Gasteiger partial charge in [-0.25, -0.2) is 0 Å². The summed E-state index contributed by atoms with van der Waals surface area (Å²) in [6.07, 6.45) is 1.87. The predicted molar refractivity (Wildman–Crippen MR) is 64.8 cm³/mol. The molecule has 3 aromatic rings. The van der Waals surface area contributed by atoms with E-state index in [1.54, 1.807) is 13.2 Å². The summed E-state index contributed by atoms with van der Waals surface area (Å²) in [6, 6.07) is 7.53. The van der Waals surface area contributed by atoms with Crippen LogP contribution in [0.25, 0.3) is 22.2 Å². The van der Waals surface area contributed by atoms with E-state index in [0.29, 0.717) is 5.69 Å².